The number of nitrogens with zero attached hydrogens (tertiary/aromatic N) is 1. The average Bonchev–Trinajstić information content (AvgIpc) is 3.38. The lowest BCUT2D eigenvalue weighted by Gasteiger charge is -2.31. The molecule has 8 heteroatoms. The molecule has 0 atom stereocenters. The Morgan fingerprint density at radius 3 is 2.33 bits per heavy atom. The molecule has 3 aromatic rings. The van der Waals surface area contributed by atoms with Crippen molar-refractivity contribution >= 4 is 17.5 Å². The van der Waals surface area contributed by atoms with Gasteiger partial charge in [0.1, 0.15) is 17.2 Å². The molecule has 1 saturated heterocycles. The second kappa shape index (κ2) is 11.0. The molecule has 0 radical (unpaired) electrons. The standard InChI is InChI=1S/C28H28N2O6/c31-27(14-17-33-22-7-9-24(10-8-22)36-23-4-2-1-3-5-23)30-15-12-20(13-16-30)28(32)29-21-6-11-25-26(18-21)35-19-34-25/h1-11,18,20H,12-17,19H2,(H,29,32). The number of amides is 2. The Bertz CT molecular complexity index is 1190. The molecule has 2 heterocycles. The second-order valence-electron chi connectivity index (χ2n) is 8.70. The van der Waals surface area contributed by atoms with Gasteiger partial charge in [0.05, 0.1) is 13.0 Å². The molecule has 0 bridgehead atoms. The minimum Gasteiger partial charge on any atom is -0.493 e. The van der Waals surface area contributed by atoms with Gasteiger partial charge in [-0.25, -0.2) is 0 Å². The predicted molar refractivity (Wildman–Crippen MR) is 134 cm³/mol. The van der Waals surface area contributed by atoms with E-state index in [9.17, 15) is 9.59 Å². The number of ether oxygens (including phenoxy) is 4. The van der Waals surface area contributed by atoms with Crippen molar-refractivity contribution in [3.05, 3.63) is 72.8 Å². The van der Waals surface area contributed by atoms with Crippen molar-refractivity contribution < 1.29 is 28.5 Å². The lowest BCUT2D eigenvalue weighted by atomic mass is 9.95. The summed E-state index contributed by atoms with van der Waals surface area (Å²) in [6.45, 7) is 1.61. The molecule has 8 nitrogen and oxygen atoms in total. The van der Waals surface area contributed by atoms with E-state index in [1.54, 1.807) is 18.2 Å². The van der Waals surface area contributed by atoms with Crippen LogP contribution in [0.2, 0.25) is 0 Å². The molecule has 0 saturated carbocycles. The normalized spacial score (nSPS) is 14.8. The third-order valence-electron chi connectivity index (χ3n) is 6.25. The van der Waals surface area contributed by atoms with E-state index < -0.39 is 0 Å². The predicted octanol–water partition coefficient (Wildman–Crippen LogP) is 4.85. The SMILES string of the molecule is O=C(Nc1ccc2c(c1)OCO2)C1CCN(C(=O)CCOc2ccc(Oc3ccccc3)cc2)CC1. The van der Waals surface area contributed by atoms with Crippen LogP contribution in [-0.4, -0.2) is 43.2 Å². The molecular weight excluding hydrogens is 460 g/mol. The van der Waals surface area contributed by atoms with E-state index in [1.165, 1.54) is 0 Å². The van der Waals surface area contributed by atoms with Crippen molar-refractivity contribution in [2.24, 2.45) is 5.92 Å². The van der Waals surface area contributed by atoms with Gasteiger partial charge in [-0.05, 0) is 61.4 Å². The monoisotopic (exact) mass is 488 g/mol. The summed E-state index contributed by atoms with van der Waals surface area (Å²) in [5.74, 6) is 3.35. The third-order valence-corrected chi connectivity index (χ3v) is 6.25. The van der Waals surface area contributed by atoms with Gasteiger partial charge >= 0.3 is 0 Å². The molecule has 36 heavy (non-hydrogen) atoms. The number of carbonyl (C=O) groups excluding carboxylic acids is 2. The fraction of sp³-hybridized carbons (Fsp3) is 0.286. The lowest BCUT2D eigenvalue weighted by Crippen LogP contribution is -2.41. The molecule has 0 aromatic heterocycles. The van der Waals surface area contributed by atoms with Crippen LogP contribution in [0.15, 0.2) is 72.8 Å². The molecule has 2 aliphatic rings. The van der Waals surface area contributed by atoms with Crippen molar-refractivity contribution in [2.45, 2.75) is 19.3 Å². The zero-order valence-corrected chi connectivity index (χ0v) is 19.9. The molecule has 3 aromatic carbocycles. The number of benzene rings is 3. The van der Waals surface area contributed by atoms with Crippen LogP contribution >= 0.6 is 0 Å². The Labute approximate surface area is 209 Å². The molecule has 2 amide bonds. The number of carbonyl (C=O) groups is 2. The van der Waals surface area contributed by atoms with Gasteiger partial charge in [0.15, 0.2) is 11.5 Å². The first kappa shape index (κ1) is 23.5. The fourth-order valence-electron chi connectivity index (χ4n) is 4.25. The zero-order chi connectivity index (χ0) is 24.7. The number of hydrogen-bond acceptors (Lipinski definition) is 6. The van der Waals surface area contributed by atoms with Gasteiger partial charge in [-0.15, -0.1) is 0 Å². The fourth-order valence-corrected chi connectivity index (χ4v) is 4.25. The molecule has 2 aliphatic heterocycles. The van der Waals surface area contributed by atoms with Crippen molar-refractivity contribution in [3.63, 3.8) is 0 Å². The van der Waals surface area contributed by atoms with Crippen molar-refractivity contribution in [3.8, 4) is 28.7 Å². The van der Waals surface area contributed by atoms with E-state index in [0.717, 1.165) is 11.5 Å². The Kier molecular flexibility index (Phi) is 7.21. The summed E-state index contributed by atoms with van der Waals surface area (Å²) in [6.07, 6.45) is 1.55. The summed E-state index contributed by atoms with van der Waals surface area (Å²) in [4.78, 5) is 27.1. The van der Waals surface area contributed by atoms with Gasteiger partial charge in [-0.2, -0.15) is 0 Å². The molecule has 1 N–H and O–H groups in total. The quantitative estimate of drug-likeness (QED) is 0.488. The minimum atomic E-state index is -0.132. The highest BCUT2D eigenvalue weighted by atomic mass is 16.7. The number of anilines is 1. The maximum Gasteiger partial charge on any atom is 0.231 e. The smallest absolute Gasteiger partial charge is 0.231 e. The van der Waals surface area contributed by atoms with Crippen LogP contribution in [-0.2, 0) is 9.59 Å². The molecule has 5 rings (SSSR count). The number of piperidine rings is 1. The first-order valence-electron chi connectivity index (χ1n) is 12.1. The van der Waals surface area contributed by atoms with Gasteiger partial charge in [0, 0.05) is 30.8 Å². The average molecular weight is 489 g/mol. The zero-order valence-electron chi connectivity index (χ0n) is 19.9. The number of hydrogen-bond donors (Lipinski definition) is 1. The molecule has 1 fully saturated rings. The maximum atomic E-state index is 12.7. The van der Waals surface area contributed by atoms with Crippen LogP contribution in [0.25, 0.3) is 0 Å². The summed E-state index contributed by atoms with van der Waals surface area (Å²) in [7, 11) is 0. The van der Waals surface area contributed by atoms with Crippen LogP contribution in [0, 0.1) is 5.92 Å². The van der Waals surface area contributed by atoms with Crippen molar-refractivity contribution in [1.82, 2.24) is 4.90 Å². The van der Waals surface area contributed by atoms with Gasteiger partial charge in [0.2, 0.25) is 18.6 Å². The van der Waals surface area contributed by atoms with E-state index in [2.05, 4.69) is 5.32 Å². The van der Waals surface area contributed by atoms with Crippen LogP contribution in [0.5, 0.6) is 28.7 Å². The molecule has 0 spiro atoms. The summed E-state index contributed by atoms with van der Waals surface area (Å²) in [6, 6.07) is 22.2. The van der Waals surface area contributed by atoms with E-state index in [4.69, 9.17) is 18.9 Å². The van der Waals surface area contributed by atoms with Crippen LogP contribution < -0.4 is 24.3 Å². The highest BCUT2D eigenvalue weighted by Crippen LogP contribution is 2.34. The van der Waals surface area contributed by atoms with E-state index in [0.29, 0.717) is 55.5 Å². The van der Waals surface area contributed by atoms with Gasteiger partial charge in [0.25, 0.3) is 0 Å². The number of para-hydroxylation sites is 1. The van der Waals surface area contributed by atoms with E-state index in [1.807, 2.05) is 59.5 Å². The van der Waals surface area contributed by atoms with Gasteiger partial charge in [-0.3, -0.25) is 9.59 Å². The summed E-state index contributed by atoms with van der Waals surface area (Å²) in [5.41, 5.74) is 0.680. The van der Waals surface area contributed by atoms with Crippen molar-refractivity contribution in [1.29, 1.82) is 0 Å². The third kappa shape index (κ3) is 5.89. The Hall–Kier alpha value is -4.20. The Morgan fingerprint density at radius 1 is 0.861 bits per heavy atom. The molecular formula is C28H28N2O6. The molecule has 0 unspecified atom stereocenters. The highest BCUT2D eigenvalue weighted by molar-refractivity contribution is 5.93. The topological polar surface area (TPSA) is 86.3 Å². The highest BCUT2D eigenvalue weighted by Gasteiger charge is 2.27. The number of likely N-dealkylation sites (tertiary alicyclic amines) is 1. The largest absolute Gasteiger partial charge is 0.493 e. The minimum absolute atomic E-state index is 0.0358. The molecule has 186 valence electrons. The molecule has 0 aliphatic carbocycles. The van der Waals surface area contributed by atoms with Crippen LogP contribution in [0.1, 0.15) is 19.3 Å². The summed E-state index contributed by atoms with van der Waals surface area (Å²) >= 11 is 0. The van der Waals surface area contributed by atoms with E-state index >= 15 is 0 Å². The van der Waals surface area contributed by atoms with Gasteiger partial charge in [-0.1, -0.05) is 18.2 Å². The Morgan fingerprint density at radius 2 is 1.56 bits per heavy atom. The first-order chi connectivity index (χ1) is 17.6. The Balaban J connectivity index is 1.02. The number of rotatable bonds is 8. The lowest BCUT2D eigenvalue weighted by molar-refractivity contribution is -0.135. The second-order valence-corrected chi connectivity index (χ2v) is 8.70. The van der Waals surface area contributed by atoms with E-state index in [-0.39, 0.29) is 30.9 Å². The van der Waals surface area contributed by atoms with Gasteiger partial charge < -0.3 is 29.2 Å². The summed E-state index contributed by atoms with van der Waals surface area (Å²) in [5, 5.41) is 2.95. The van der Waals surface area contributed by atoms with Crippen molar-refractivity contribution in [2.75, 3.05) is 31.8 Å². The maximum absolute atomic E-state index is 12.7. The summed E-state index contributed by atoms with van der Waals surface area (Å²) < 4.78 is 22.2. The van der Waals surface area contributed by atoms with Crippen LogP contribution in [0.3, 0.4) is 0 Å². The number of nitrogens with one attached hydrogen (secondary N) is 1. The number of fused-ring (bicyclic) bond motifs is 1. The van der Waals surface area contributed by atoms with Crippen LogP contribution in [0.4, 0.5) is 5.69 Å². The first-order valence-corrected chi connectivity index (χ1v) is 12.1.